The number of hydrogen-bond donors (Lipinski definition) is 1. The highest BCUT2D eigenvalue weighted by atomic mass is 16.5. The second-order valence-corrected chi connectivity index (χ2v) is 5.29. The van der Waals surface area contributed by atoms with Gasteiger partial charge in [-0.2, -0.15) is 0 Å². The van der Waals surface area contributed by atoms with Gasteiger partial charge in [-0.15, -0.1) is 0 Å². The number of carbonyl (C=O) groups excluding carboxylic acids is 1. The van der Waals surface area contributed by atoms with Crippen LogP contribution in [-0.4, -0.2) is 41.7 Å². The Labute approximate surface area is 137 Å². The van der Waals surface area contributed by atoms with E-state index in [0.717, 1.165) is 11.1 Å². The quantitative estimate of drug-likeness (QED) is 0.855. The largest absolute Gasteiger partial charge is 0.481 e. The molecule has 4 heteroatoms. The number of hydrogen-bond acceptors (Lipinski definition) is 3. The lowest BCUT2D eigenvalue weighted by Crippen LogP contribution is -2.41. The maximum absolute atomic E-state index is 12.2. The molecule has 2 aromatic carbocycles. The minimum Gasteiger partial charge on any atom is -0.481 e. The number of nitrogens with zero attached hydrogens (tertiary/aromatic N) is 1. The Bertz CT molecular complexity index is 610. The van der Waals surface area contributed by atoms with E-state index in [-0.39, 0.29) is 12.5 Å². The predicted molar refractivity (Wildman–Crippen MR) is 91.3 cm³/mol. The SMILES string of the molecule is CCN(CCO)C(=O)C(C)Oc1ccc(-c2ccccc2)cc1. The van der Waals surface area contributed by atoms with Crippen LogP contribution in [0.1, 0.15) is 13.8 Å². The number of carbonyl (C=O) groups is 1. The molecule has 2 aromatic rings. The van der Waals surface area contributed by atoms with Crippen LogP contribution in [0.3, 0.4) is 0 Å². The van der Waals surface area contributed by atoms with E-state index in [9.17, 15) is 4.79 Å². The molecule has 2 rings (SSSR count). The van der Waals surface area contributed by atoms with E-state index in [1.165, 1.54) is 0 Å². The zero-order valence-corrected chi connectivity index (χ0v) is 13.6. The number of aliphatic hydroxyl groups is 1. The lowest BCUT2D eigenvalue weighted by atomic mass is 10.1. The summed E-state index contributed by atoms with van der Waals surface area (Å²) in [6, 6.07) is 17.8. The fourth-order valence-electron chi connectivity index (χ4n) is 2.41. The molecule has 1 unspecified atom stereocenters. The third kappa shape index (κ3) is 4.57. The van der Waals surface area contributed by atoms with Crippen molar-refractivity contribution >= 4 is 5.91 Å². The monoisotopic (exact) mass is 313 g/mol. The van der Waals surface area contributed by atoms with Gasteiger partial charge in [-0.05, 0) is 37.1 Å². The molecule has 0 radical (unpaired) electrons. The van der Waals surface area contributed by atoms with Gasteiger partial charge in [0.1, 0.15) is 5.75 Å². The summed E-state index contributed by atoms with van der Waals surface area (Å²) >= 11 is 0. The van der Waals surface area contributed by atoms with Crippen LogP contribution < -0.4 is 4.74 Å². The zero-order valence-electron chi connectivity index (χ0n) is 13.6. The summed E-state index contributed by atoms with van der Waals surface area (Å²) in [4.78, 5) is 13.8. The Morgan fingerprint density at radius 2 is 1.70 bits per heavy atom. The molecule has 0 spiro atoms. The van der Waals surface area contributed by atoms with Crippen LogP contribution in [0.15, 0.2) is 54.6 Å². The minimum atomic E-state index is -0.580. The zero-order chi connectivity index (χ0) is 16.7. The Hall–Kier alpha value is -2.33. The summed E-state index contributed by atoms with van der Waals surface area (Å²) < 4.78 is 5.72. The predicted octanol–water partition coefficient (Wildman–Crippen LogP) is 2.96. The molecule has 0 aromatic heterocycles. The van der Waals surface area contributed by atoms with Crippen LogP contribution in [-0.2, 0) is 4.79 Å². The van der Waals surface area contributed by atoms with E-state index < -0.39 is 6.10 Å². The van der Waals surface area contributed by atoms with Crippen molar-refractivity contribution < 1.29 is 14.6 Å². The topological polar surface area (TPSA) is 49.8 Å². The van der Waals surface area contributed by atoms with E-state index in [1.807, 2.05) is 49.4 Å². The second kappa shape index (κ2) is 8.34. The molecule has 0 fully saturated rings. The number of rotatable bonds is 7. The molecule has 0 heterocycles. The van der Waals surface area contributed by atoms with Crippen LogP contribution in [0.2, 0.25) is 0 Å². The Kier molecular flexibility index (Phi) is 6.18. The van der Waals surface area contributed by atoms with Crippen molar-refractivity contribution in [1.29, 1.82) is 0 Å². The van der Waals surface area contributed by atoms with Gasteiger partial charge in [-0.3, -0.25) is 4.79 Å². The van der Waals surface area contributed by atoms with E-state index >= 15 is 0 Å². The molecule has 4 nitrogen and oxygen atoms in total. The number of benzene rings is 2. The third-order valence-electron chi connectivity index (χ3n) is 3.69. The van der Waals surface area contributed by atoms with Crippen LogP contribution >= 0.6 is 0 Å². The summed E-state index contributed by atoms with van der Waals surface area (Å²) in [5.41, 5.74) is 2.25. The van der Waals surface area contributed by atoms with Gasteiger partial charge in [-0.1, -0.05) is 42.5 Å². The lowest BCUT2D eigenvalue weighted by molar-refractivity contribution is -0.138. The highest BCUT2D eigenvalue weighted by Crippen LogP contribution is 2.22. The molecule has 1 atom stereocenters. The van der Waals surface area contributed by atoms with E-state index in [1.54, 1.807) is 11.8 Å². The third-order valence-corrected chi connectivity index (χ3v) is 3.69. The molecule has 0 saturated carbocycles. The summed E-state index contributed by atoms with van der Waals surface area (Å²) in [5, 5.41) is 8.99. The van der Waals surface area contributed by atoms with Gasteiger partial charge in [0.05, 0.1) is 6.61 Å². The van der Waals surface area contributed by atoms with Crippen molar-refractivity contribution in [3.05, 3.63) is 54.6 Å². The Morgan fingerprint density at radius 1 is 1.09 bits per heavy atom. The molecular formula is C19H23NO3. The molecule has 0 aliphatic heterocycles. The number of amides is 1. The smallest absolute Gasteiger partial charge is 0.263 e. The number of ether oxygens (including phenoxy) is 1. The first-order valence-electron chi connectivity index (χ1n) is 7.87. The van der Waals surface area contributed by atoms with Gasteiger partial charge in [0.2, 0.25) is 0 Å². The number of likely N-dealkylation sites (N-methyl/N-ethyl adjacent to an activating group) is 1. The van der Waals surface area contributed by atoms with Crippen molar-refractivity contribution in [1.82, 2.24) is 4.90 Å². The van der Waals surface area contributed by atoms with Crippen LogP contribution in [0, 0.1) is 0 Å². The van der Waals surface area contributed by atoms with Crippen molar-refractivity contribution in [2.24, 2.45) is 0 Å². The van der Waals surface area contributed by atoms with Crippen molar-refractivity contribution in [2.45, 2.75) is 20.0 Å². The van der Waals surface area contributed by atoms with Gasteiger partial charge in [0.15, 0.2) is 6.10 Å². The van der Waals surface area contributed by atoms with Crippen LogP contribution in [0.4, 0.5) is 0 Å². The first-order valence-corrected chi connectivity index (χ1v) is 7.87. The molecule has 122 valence electrons. The summed E-state index contributed by atoms with van der Waals surface area (Å²) in [6.45, 7) is 4.45. The molecule has 0 aliphatic carbocycles. The Morgan fingerprint density at radius 3 is 2.26 bits per heavy atom. The maximum Gasteiger partial charge on any atom is 0.263 e. The molecule has 1 N–H and O–H groups in total. The molecule has 0 bridgehead atoms. The molecule has 0 aliphatic rings. The second-order valence-electron chi connectivity index (χ2n) is 5.29. The average Bonchev–Trinajstić information content (AvgIpc) is 2.60. The number of aliphatic hydroxyl groups excluding tert-OH is 1. The molecular weight excluding hydrogens is 290 g/mol. The normalized spacial score (nSPS) is 11.8. The van der Waals surface area contributed by atoms with Crippen molar-refractivity contribution in [3.8, 4) is 16.9 Å². The first-order chi connectivity index (χ1) is 11.2. The highest BCUT2D eigenvalue weighted by Gasteiger charge is 2.20. The molecule has 1 amide bonds. The van der Waals surface area contributed by atoms with Gasteiger partial charge in [0, 0.05) is 13.1 Å². The minimum absolute atomic E-state index is 0.0436. The summed E-state index contributed by atoms with van der Waals surface area (Å²) in [7, 11) is 0. The van der Waals surface area contributed by atoms with Crippen LogP contribution in [0.5, 0.6) is 5.75 Å². The first kappa shape index (κ1) is 17.0. The van der Waals surface area contributed by atoms with E-state index in [2.05, 4.69) is 12.1 Å². The summed E-state index contributed by atoms with van der Waals surface area (Å²) in [6.07, 6.45) is -0.580. The average molecular weight is 313 g/mol. The summed E-state index contributed by atoms with van der Waals surface area (Å²) in [5.74, 6) is 0.541. The van der Waals surface area contributed by atoms with Gasteiger partial charge in [0.25, 0.3) is 5.91 Å². The fourth-order valence-corrected chi connectivity index (χ4v) is 2.41. The molecule has 23 heavy (non-hydrogen) atoms. The highest BCUT2D eigenvalue weighted by molar-refractivity contribution is 5.81. The van der Waals surface area contributed by atoms with Crippen molar-refractivity contribution in [3.63, 3.8) is 0 Å². The van der Waals surface area contributed by atoms with E-state index in [4.69, 9.17) is 9.84 Å². The standard InChI is InChI=1S/C19H23NO3/c1-3-20(13-14-21)19(22)15(2)23-18-11-9-17(10-12-18)16-7-5-4-6-8-16/h4-12,15,21H,3,13-14H2,1-2H3. The van der Waals surface area contributed by atoms with Crippen molar-refractivity contribution in [2.75, 3.05) is 19.7 Å². The fraction of sp³-hybridized carbons (Fsp3) is 0.316. The van der Waals surface area contributed by atoms with Gasteiger partial charge < -0.3 is 14.7 Å². The van der Waals surface area contributed by atoms with Gasteiger partial charge in [-0.25, -0.2) is 0 Å². The maximum atomic E-state index is 12.2. The van der Waals surface area contributed by atoms with Gasteiger partial charge >= 0.3 is 0 Å². The Balaban J connectivity index is 2.01. The van der Waals surface area contributed by atoms with Crippen LogP contribution in [0.25, 0.3) is 11.1 Å². The lowest BCUT2D eigenvalue weighted by Gasteiger charge is -2.24. The van der Waals surface area contributed by atoms with E-state index in [0.29, 0.717) is 18.8 Å². The molecule has 0 saturated heterocycles.